The van der Waals surface area contributed by atoms with Gasteiger partial charge in [-0.3, -0.25) is 0 Å². The summed E-state index contributed by atoms with van der Waals surface area (Å²) in [4.78, 5) is 3.33. The lowest BCUT2D eigenvalue weighted by atomic mass is 10.1. The molecule has 0 saturated carbocycles. The van der Waals surface area contributed by atoms with Gasteiger partial charge < -0.3 is 9.80 Å². The van der Waals surface area contributed by atoms with Crippen molar-refractivity contribution in [2.45, 2.75) is 0 Å². The van der Waals surface area contributed by atoms with Crippen LogP contribution in [0.4, 0.5) is 0 Å². The average Bonchev–Trinajstić information content (AvgIpc) is 2.33. The van der Waals surface area contributed by atoms with E-state index in [9.17, 15) is 14.0 Å². The van der Waals surface area contributed by atoms with Crippen molar-refractivity contribution < 1.29 is 28.5 Å². The van der Waals surface area contributed by atoms with Crippen molar-refractivity contribution in [2.75, 3.05) is 34.7 Å². The molecule has 0 saturated heterocycles. The summed E-state index contributed by atoms with van der Waals surface area (Å²) in [6, 6.07) is 9.19. The molecule has 112 valence electrons. The summed E-state index contributed by atoms with van der Waals surface area (Å²) in [5.41, 5.74) is 1.41. The molecule has 0 spiro atoms. The Morgan fingerprint density at radius 2 is 1.60 bits per heavy atom. The normalized spacial score (nSPS) is 13.2. The van der Waals surface area contributed by atoms with E-state index in [4.69, 9.17) is 0 Å². The number of hydrogen-bond acceptors (Lipinski definition) is 6. The quantitative estimate of drug-likeness (QED) is 0.588. The van der Waals surface area contributed by atoms with Crippen molar-refractivity contribution in [1.82, 2.24) is 9.80 Å². The van der Waals surface area contributed by atoms with E-state index < -0.39 is 10.2 Å². The molecule has 0 aliphatic rings. The van der Waals surface area contributed by atoms with Crippen molar-refractivity contribution in [3.05, 3.63) is 41.8 Å². The molecule has 0 fully saturated rings. The van der Waals surface area contributed by atoms with Gasteiger partial charge in [0.2, 0.25) is 0 Å². The van der Waals surface area contributed by atoms with Crippen LogP contribution in [0.1, 0.15) is 5.56 Å². The van der Waals surface area contributed by atoms with Crippen LogP contribution < -0.4 is 14.0 Å². The lowest BCUT2D eigenvalue weighted by Crippen LogP contribution is -2.61. The zero-order chi connectivity index (χ0) is 15.3. The van der Waals surface area contributed by atoms with Gasteiger partial charge in [-0.25, -0.2) is 0 Å². The molecule has 0 aliphatic carbocycles. The maximum Gasteiger partial charge on any atom is 0.362 e. The fraction of sp³-hybridized carbons (Fsp3) is 0.385. The van der Waals surface area contributed by atoms with E-state index in [0.29, 0.717) is 12.1 Å². The Morgan fingerprint density at radius 3 is 2.00 bits per heavy atom. The minimum atomic E-state index is -4.54. The predicted molar refractivity (Wildman–Crippen MR) is 66.7 cm³/mol. The second-order valence-electron chi connectivity index (χ2n) is 4.74. The van der Waals surface area contributed by atoms with Crippen LogP contribution in [0.15, 0.2) is 36.2 Å². The van der Waals surface area contributed by atoms with E-state index in [1.165, 1.54) is 4.90 Å². The zero-order valence-corrected chi connectivity index (χ0v) is 12.8. The lowest BCUT2D eigenvalue weighted by molar-refractivity contribution is -1.92. The highest BCUT2D eigenvalue weighted by atomic mass is 35.7. The van der Waals surface area contributed by atoms with Crippen LogP contribution in [0.5, 0.6) is 0 Å². The third-order valence-corrected chi connectivity index (χ3v) is 2.76. The van der Waals surface area contributed by atoms with Crippen LogP contribution in [0.3, 0.4) is 0 Å². The third-order valence-electron chi connectivity index (χ3n) is 2.43. The third kappa shape index (κ3) is 5.36. The van der Waals surface area contributed by atoms with Gasteiger partial charge in [-0.05, 0) is 23.9 Å². The van der Waals surface area contributed by atoms with Crippen LogP contribution in [-0.4, -0.2) is 44.5 Å². The predicted octanol–water partition coefficient (Wildman–Crippen LogP) is -1.61. The summed E-state index contributed by atoms with van der Waals surface area (Å²) in [6.45, 7) is 0.433. The highest BCUT2D eigenvalue weighted by Gasteiger charge is 2.28. The second-order valence-corrected chi connectivity index (χ2v) is 5.65. The Hall–Kier alpha value is -1.31. The molecule has 7 heteroatoms. The van der Waals surface area contributed by atoms with Gasteiger partial charge in [0.15, 0.2) is 0 Å². The number of halogens is 1. The fourth-order valence-electron chi connectivity index (χ4n) is 1.71. The molecule has 1 rings (SSSR count). The van der Waals surface area contributed by atoms with Crippen molar-refractivity contribution in [3.8, 4) is 0 Å². The summed E-state index contributed by atoms with van der Waals surface area (Å²) in [7, 11) is 2.39. The summed E-state index contributed by atoms with van der Waals surface area (Å²) in [5.74, 6) is 0.0153. The van der Waals surface area contributed by atoms with Crippen molar-refractivity contribution in [3.63, 3.8) is 0 Å². The van der Waals surface area contributed by atoms with Crippen molar-refractivity contribution in [1.29, 1.82) is 0 Å². The molecule has 20 heavy (non-hydrogen) atoms. The second kappa shape index (κ2) is 6.92. The van der Waals surface area contributed by atoms with Gasteiger partial charge >= 0.3 is 5.88 Å². The van der Waals surface area contributed by atoms with Crippen LogP contribution in [0.2, 0.25) is 0 Å². The SMILES string of the molecule is CN(C)CC(=C(O[Cl+3]([O-])([O-])[O-])N(C)C)c1ccccc1. The fourth-order valence-corrected chi connectivity index (χ4v) is 2.12. The van der Waals surface area contributed by atoms with Gasteiger partial charge in [-0.15, -0.1) is 0 Å². The average molecular weight is 303 g/mol. The molecule has 1 aromatic rings. The topological polar surface area (TPSA) is 84.9 Å². The van der Waals surface area contributed by atoms with Gasteiger partial charge in [0.05, 0.1) is 5.57 Å². The van der Waals surface area contributed by atoms with E-state index >= 15 is 0 Å². The smallest absolute Gasteiger partial charge is 0.335 e. The van der Waals surface area contributed by atoms with E-state index in [1.807, 2.05) is 49.3 Å². The monoisotopic (exact) mass is 302 g/mol. The highest BCUT2D eigenvalue weighted by Crippen LogP contribution is 2.23. The molecule has 0 N–H and O–H groups in total. The summed E-state index contributed by atoms with van der Waals surface area (Å²) in [5, 5.41) is 0. The van der Waals surface area contributed by atoms with E-state index in [2.05, 4.69) is 4.29 Å². The maximum absolute atomic E-state index is 10.9. The number of benzene rings is 1. The summed E-state index contributed by atoms with van der Waals surface area (Å²) < 4.78 is 37.2. The van der Waals surface area contributed by atoms with Crippen LogP contribution >= 0.6 is 0 Å². The van der Waals surface area contributed by atoms with Crippen LogP contribution in [-0.2, 0) is 4.29 Å². The van der Waals surface area contributed by atoms with Gasteiger partial charge in [-0.1, -0.05) is 30.3 Å². The lowest BCUT2D eigenvalue weighted by Gasteiger charge is -2.22. The van der Waals surface area contributed by atoms with Crippen LogP contribution in [0, 0.1) is 10.2 Å². The number of nitrogens with zero attached hydrogens (tertiary/aromatic N) is 2. The zero-order valence-electron chi connectivity index (χ0n) is 12.0. The van der Waals surface area contributed by atoms with Crippen molar-refractivity contribution >= 4 is 5.57 Å². The number of likely N-dealkylation sites (N-methyl/N-ethyl adjacent to an activating group) is 1. The Bertz CT molecular complexity index is 455. The van der Waals surface area contributed by atoms with E-state index in [0.717, 1.165) is 5.56 Å². The molecule has 0 aliphatic heterocycles. The minimum absolute atomic E-state index is 0.0153. The Labute approximate surface area is 121 Å². The van der Waals surface area contributed by atoms with Gasteiger partial charge in [0, 0.05) is 20.6 Å². The Morgan fingerprint density at radius 1 is 1.05 bits per heavy atom. The van der Waals surface area contributed by atoms with E-state index in [-0.39, 0.29) is 5.88 Å². The molecule has 0 bridgehead atoms. The first-order chi connectivity index (χ1) is 9.20. The highest BCUT2D eigenvalue weighted by molar-refractivity contribution is 5.68. The molecule has 0 amide bonds. The first-order valence-electron chi connectivity index (χ1n) is 5.91. The molecule has 0 atom stereocenters. The molecule has 0 unspecified atom stereocenters. The molecular formula is C13H19ClN2O4. The van der Waals surface area contributed by atoms with E-state index in [1.54, 1.807) is 14.1 Å². The minimum Gasteiger partial charge on any atom is -0.335 e. The number of rotatable bonds is 6. The maximum atomic E-state index is 10.9. The Kier molecular flexibility index (Phi) is 5.79. The molecular weight excluding hydrogens is 284 g/mol. The summed E-state index contributed by atoms with van der Waals surface area (Å²) >= 11 is 0. The van der Waals surface area contributed by atoms with Gasteiger partial charge in [-0.2, -0.15) is 14.0 Å². The standard InChI is InChI=1S/C13H19ClN2O4/c1-15(2)10-12(11-8-6-5-7-9-11)13(16(3)4)20-14(17,18)19/h5-9H,10H2,1-4H3. The number of hydrogen-bond donors (Lipinski definition) is 0. The molecule has 1 aromatic carbocycles. The molecule has 0 heterocycles. The molecule has 0 aromatic heterocycles. The molecule has 0 radical (unpaired) electrons. The van der Waals surface area contributed by atoms with Gasteiger partial charge in [0.1, 0.15) is 10.2 Å². The molecule has 6 nitrogen and oxygen atoms in total. The Balaban J connectivity index is 3.31. The summed E-state index contributed by atoms with van der Waals surface area (Å²) in [6.07, 6.45) is 0. The van der Waals surface area contributed by atoms with Crippen molar-refractivity contribution in [2.24, 2.45) is 0 Å². The largest absolute Gasteiger partial charge is 0.362 e. The van der Waals surface area contributed by atoms with Gasteiger partial charge in [0.25, 0.3) is 0 Å². The van der Waals surface area contributed by atoms with Crippen LogP contribution in [0.25, 0.3) is 5.57 Å². The first kappa shape index (κ1) is 16.7. The first-order valence-corrected chi connectivity index (χ1v) is 7.15.